The Morgan fingerprint density at radius 3 is 1.80 bits per heavy atom. The van der Waals surface area contributed by atoms with Crippen LogP contribution in [0.15, 0.2) is 0 Å². The van der Waals surface area contributed by atoms with Crippen LogP contribution in [0.1, 0.15) is 19.3 Å². The van der Waals surface area contributed by atoms with Crippen LogP contribution in [0.3, 0.4) is 0 Å². The summed E-state index contributed by atoms with van der Waals surface area (Å²) in [4.78, 5) is 68.8. The number of aliphatic carboxylic acids is 2. The van der Waals surface area contributed by atoms with Crippen molar-refractivity contribution < 1.29 is 44.1 Å². The van der Waals surface area contributed by atoms with Gasteiger partial charge in [0.1, 0.15) is 18.1 Å². The molecule has 0 bridgehead atoms. The molecule has 170 valence electrons. The smallest absolute Gasteiger partial charge is 0.326 e. The van der Waals surface area contributed by atoms with E-state index in [0.29, 0.717) is 0 Å². The van der Waals surface area contributed by atoms with E-state index >= 15 is 0 Å². The van der Waals surface area contributed by atoms with E-state index in [9.17, 15) is 33.9 Å². The van der Waals surface area contributed by atoms with E-state index in [1.54, 1.807) is 0 Å². The van der Waals surface area contributed by atoms with Gasteiger partial charge in [0.15, 0.2) is 0 Å². The molecule has 4 atom stereocenters. The summed E-state index contributed by atoms with van der Waals surface area (Å²) in [6, 6.07) is -5.78. The predicted molar refractivity (Wildman–Crippen MR) is 103 cm³/mol. The van der Waals surface area contributed by atoms with Crippen molar-refractivity contribution in [2.75, 3.05) is 12.4 Å². The molecule has 0 saturated carbocycles. The van der Waals surface area contributed by atoms with Gasteiger partial charge in [-0.1, -0.05) is 0 Å². The van der Waals surface area contributed by atoms with Crippen molar-refractivity contribution in [2.45, 2.75) is 43.4 Å². The second-order valence-electron chi connectivity index (χ2n) is 6.10. The Bertz CT molecular complexity index is 675. The van der Waals surface area contributed by atoms with Crippen LogP contribution < -0.4 is 27.4 Å². The highest BCUT2D eigenvalue weighted by atomic mass is 32.1. The summed E-state index contributed by atoms with van der Waals surface area (Å²) in [5.41, 5.74) is 10.3. The molecule has 0 aromatic rings. The Kier molecular flexibility index (Phi) is 12.0. The summed E-state index contributed by atoms with van der Waals surface area (Å²) in [6.07, 6.45) is -1.41. The molecule has 4 amide bonds. The van der Waals surface area contributed by atoms with Gasteiger partial charge in [-0.15, -0.1) is 0 Å². The van der Waals surface area contributed by atoms with Crippen molar-refractivity contribution in [2.24, 2.45) is 11.5 Å². The molecule has 0 rings (SSSR count). The first-order valence-electron chi connectivity index (χ1n) is 8.54. The third kappa shape index (κ3) is 10.0. The van der Waals surface area contributed by atoms with Crippen LogP contribution in [-0.2, 0) is 28.8 Å². The summed E-state index contributed by atoms with van der Waals surface area (Å²) in [6.45, 7) is -0.877. The largest absolute Gasteiger partial charge is 0.481 e. The Hall–Kier alpha value is -2.91. The molecule has 0 fully saturated rings. The summed E-state index contributed by atoms with van der Waals surface area (Å²) in [5, 5.41) is 33.3. The minimum atomic E-state index is -1.53. The number of carboxylic acid groups (broad SMARTS) is 2. The molecular weight excluding hydrogens is 426 g/mol. The van der Waals surface area contributed by atoms with Crippen LogP contribution in [-0.4, -0.2) is 87.4 Å². The number of aliphatic hydroxyl groups excluding tert-OH is 1. The molecule has 0 aliphatic carbocycles. The fourth-order valence-corrected chi connectivity index (χ4v) is 2.30. The molecule has 14 nitrogen and oxygen atoms in total. The van der Waals surface area contributed by atoms with E-state index in [1.165, 1.54) is 0 Å². The number of carboxylic acids is 2. The molecule has 4 unspecified atom stereocenters. The number of rotatable bonds is 14. The van der Waals surface area contributed by atoms with Gasteiger partial charge in [-0.3, -0.25) is 24.0 Å². The number of hydrogen-bond donors (Lipinski definition) is 9. The van der Waals surface area contributed by atoms with Gasteiger partial charge in [0.2, 0.25) is 23.6 Å². The van der Waals surface area contributed by atoms with Crippen molar-refractivity contribution in [1.29, 1.82) is 0 Å². The van der Waals surface area contributed by atoms with E-state index in [4.69, 9.17) is 21.7 Å². The van der Waals surface area contributed by atoms with Gasteiger partial charge in [0, 0.05) is 12.2 Å². The van der Waals surface area contributed by atoms with Gasteiger partial charge in [0.05, 0.1) is 19.1 Å². The summed E-state index contributed by atoms with van der Waals surface area (Å²) in [7, 11) is 0. The van der Waals surface area contributed by atoms with Gasteiger partial charge in [-0.05, 0) is 6.42 Å². The summed E-state index contributed by atoms with van der Waals surface area (Å²) in [5.74, 6) is -6.80. The predicted octanol–water partition coefficient (Wildman–Crippen LogP) is -4.48. The topological polar surface area (TPSA) is 251 Å². The van der Waals surface area contributed by atoms with Crippen molar-refractivity contribution in [3.8, 4) is 0 Å². The van der Waals surface area contributed by atoms with Gasteiger partial charge >= 0.3 is 11.9 Å². The van der Waals surface area contributed by atoms with Crippen LogP contribution in [0.4, 0.5) is 0 Å². The lowest BCUT2D eigenvalue weighted by atomic mass is 10.1. The minimum Gasteiger partial charge on any atom is -0.481 e. The fraction of sp³-hybridized carbons (Fsp3) is 0.600. The Labute approximate surface area is 176 Å². The molecule has 10 N–H and O–H groups in total. The molecule has 15 heteroatoms. The van der Waals surface area contributed by atoms with E-state index in [-0.39, 0.29) is 5.75 Å². The number of hydrogen-bond acceptors (Lipinski definition) is 9. The van der Waals surface area contributed by atoms with E-state index < -0.39 is 85.6 Å². The normalized spacial score (nSPS) is 14.5. The zero-order valence-electron chi connectivity index (χ0n) is 15.7. The van der Waals surface area contributed by atoms with Gasteiger partial charge in [-0.2, -0.15) is 12.6 Å². The monoisotopic (exact) mass is 451 g/mol. The summed E-state index contributed by atoms with van der Waals surface area (Å²) >= 11 is 3.89. The highest BCUT2D eigenvalue weighted by Gasteiger charge is 2.29. The van der Waals surface area contributed by atoms with Crippen molar-refractivity contribution in [3.05, 3.63) is 0 Å². The second kappa shape index (κ2) is 13.3. The molecule has 0 aliphatic rings. The first-order valence-corrected chi connectivity index (χ1v) is 9.17. The molecule has 30 heavy (non-hydrogen) atoms. The number of carbonyl (C=O) groups excluding carboxylic acids is 4. The maximum absolute atomic E-state index is 12.2. The van der Waals surface area contributed by atoms with Crippen molar-refractivity contribution in [1.82, 2.24) is 16.0 Å². The number of thiol groups is 1. The quantitative estimate of drug-likeness (QED) is 0.114. The van der Waals surface area contributed by atoms with E-state index in [1.807, 2.05) is 0 Å². The number of nitrogens with two attached hydrogens (primary N) is 2. The van der Waals surface area contributed by atoms with Crippen molar-refractivity contribution in [3.63, 3.8) is 0 Å². The highest BCUT2D eigenvalue weighted by Crippen LogP contribution is 2.01. The lowest BCUT2D eigenvalue weighted by molar-refractivity contribution is -0.143. The maximum atomic E-state index is 12.2. The van der Waals surface area contributed by atoms with Crippen LogP contribution >= 0.6 is 12.6 Å². The molecule has 0 aliphatic heterocycles. The van der Waals surface area contributed by atoms with Crippen LogP contribution in [0.5, 0.6) is 0 Å². The van der Waals surface area contributed by atoms with Gasteiger partial charge in [0.25, 0.3) is 0 Å². The van der Waals surface area contributed by atoms with Crippen LogP contribution in [0.2, 0.25) is 0 Å². The highest BCUT2D eigenvalue weighted by molar-refractivity contribution is 7.80. The number of carbonyl (C=O) groups is 6. The lowest BCUT2D eigenvalue weighted by Crippen LogP contribution is -2.58. The number of nitrogens with one attached hydrogen (secondary N) is 3. The molecule has 0 radical (unpaired) electrons. The summed E-state index contributed by atoms with van der Waals surface area (Å²) < 4.78 is 0. The average Bonchev–Trinajstić information content (AvgIpc) is 2.65. The van der Waals surface area contributed by atoms with Crippen molar-refractivity contribution >= 4 is 48.2 Å². The first kappa shape index (κ1) is 27.1. The number of amides is 4. The maximum Gasteiger partial charge on any atom is 0.326 e. The number of primary amides is 1. The third-order valence-corrected chi connectivity index (χ3v) is 4.02. The molecule has 0 aromatic carbocycles. The molecule has 0 saturated heterocycles. The molecule has 0 aromatic heterocycles. The van der Waals surface area contributed by atoms with Crippen LogP contribution in [0, 0.1) is 0 Å². The minimum absolute atomic E-state index is 0.282. The van der Waals surface area contributed by atoms with E-state index in [0.717, 1.165) is 0 Å². The zero-order valence-corrected chi connectivity index (χ0v) is 16.6. The average molecular weight is 451 g/mol. The van der Waals surface area contributed by atoms with Gasteiger partial charge < -0.3 is 42.7 Å². The Morgan fingerprint density at radius 1 is 0.867 bits per heavy atom. The Balaban J connectivity index is 5.00. The first-order chi connectivity index (χ1) is 13.9. The SMILES string of the molecule is NC(=O)CC(N)C(=O)NC(CO)C(=O)NC(CS)C(=O)NC(CCC(=O)O)C(=O)O. The van der Waals surface area contributed by atoms with Gasteiger partial charge in [-0.25, -0.2) is 4.79 Å². The fourth-order valence-electron chi connectivity index (χ4n) is 2.05. The second-order valence-corrected chi connectivity index (χ2v) is 6.46. The van der Waals surface area contributed by atoms with E-state index in [2.05, 4.69) is 28.6 Å². The third-order valence-electron chi connectivity index (χ3n) is 3.65. The zero-order chi connectivity index (χ0) is 23.4. The standard InChI is InChI=1S/C15H25N5O9S/c16-6(3-10(17)22)12(25)19-8(4-21)13(26)20-9(5-30)14(27)18-7(15(28)29)1-2-11(23)24/h6-9,21,30H,1-5,16H2,(H2,17,22)(H,18,27)(H,19,25)(H,20,26)(H,23,24)(H,28,29). The molecule has 0 heterocycles. The molecular formula is C15H25N5O9S. The Morgan fingerprint density at radius 2 is 1.37 bits per heavy atom. The van der Waals surface area contributed by atoms with Crippen LogP contribution in [0.25, 0.3) is 0 Å². The lowest BCUT2D eigenvalue weighted by Gasteiger charge is -2.23. The molecule has 0 spiro atoms. The number of aliphatic hydroxyl groups is 1.